The van der Waals surface area contributed by atoms with Gasteiger partial charge in [0.15, 0.2) is 6.10 Å². The molecular formula is C99H166O16P2. The van der Waals surface area contributed by atoms with Gasteiger partial charge in [-0.2, -0.15) is 0 Å². The molecule has 18 heteroatoms. The number of phosphoric acid groups is 2. The Morgan fingerprint density at radius 3 is 0.675 bits per heavy atom. The summed E-state index contributed by atoms with van der Waals surface area (Å²) in [5.41, 5.74) is 0. The minimum absolute atomic E-state index is 0.0841. The number of allylic oxidation sites excluding steroid dienone is 30. The molecule has 0 aliphatic carbocycles. The number of aliphatic hydroxyl groups excluding tert-OH is 2. The number of rotatable bonds is 86. The van der Waals surface area contributed by atoms with E-state index in [-0.39, 0.29) is 19.3 Å². The van der Waals surface area contributed by atoms with E-state index in [0.717, 1.165) is 193 Å². The maximum Gasteiger partial charge on any atom is 0.472 e. The zero-order chi connectivity index (χ0) is 85.1. The Balaban J connectivity index is 4.55. The molecule has 0 rings (SSSR count). The summed E-state index contributed by atoms with van der Waals surface area (Å²) in [6, 6.07) is 0. The topological polar surface area (TPSA) is 231 Å². The predicted molar refractivity (Wildman–Crippen MR) is 491 cm³/mol. The summed E-state index contributed by atoms with van der Waals surface area (Å²) in [4.78, 5) is 59.0. The lowest BCUT2D eigenvalue weighted by Gasteiger charge is -2.21. The molecule has 0 aliphatic heterocycles. The third-order valence-electron chi connectivity index (χ3n) is 19.1. The molecule has 0 aliphatic rings. The SMILES string of the molecule is CC/C=C\C/C=C\C/C=C\C/C=C\C/C=C\C/C=C\CCCCCCCCCCCCCCCCC(=O)OCC(O)COP(=O)(O)OCC(O)COP(=O)(O)OCC(COC(=O)CCCCCCCCCCCCCCC/C=C\C/C=C\C/C=C\C/C=C\C/C=C\CC)OC(=O)CCCCCCCC/C=C\C/C=C\C/C=C\C/C=C\CC. The van der Waals surface area contributed by atoms with Crippen LogP contribution in [0.2, 0.25) is 0 Å². The number of carbonyl (C=O) groups is 3. The van der Waals surface area contributed by atoms with Crippen LogP contribution >= 0.6 is 15.6 Å². The Kier molecular flexibility index (Phi) is 85.8. The molecular weight excluding hydrogens is 1510 g/mol. The molecule has 0 spiro atoms. The highest BCUT2D eigenvalue weighted by Crippen LogP contribution is 2.45. The smallest absolute Gasteiger partial charge is 0.463 e. The van der Waals surface area contributed by atoms with Gasteiger partial charge in [-0.15, -0.1) is 0 Å². The van der Waals surface area contributed by atoms with Crippen LogP contribution in [-0.4, -0.2) is 95.9 Å². The van der Waals surface area contributed by atoms with E-state index in [4.69, 9.17) is 32.3 Å². The molecule has 16 nitrogen and oxygen atoms in total. The van der Waals surface area contributed by atoms with Crippen molar-refractivity contribution in [3.05, 3.63) is 182 Å². The Morgan fingerprint density at radius 1 is 0.239 bits per heavy atom. The van der Waals surface area contributed by atoms with Crippen molar-refractivity contribution in [3.63, 3.8) is 0 Å². The van der Waals surface area contributed by atoms with Crippen molar-refractivity contribution in [1.29, 1.82) is 0 Å². The Hall–Kier alpha value is -5.35. The maximum absolute atomic E-state index is 13.1. The molecule has 0 heterocycles. The third kappa shape index (κ3) is 91.2. The third-order valence-corrected chi connectivity index (χ3v) is 21.0. The fraction of sp³-hybridized carbons (Fsp3) is 0.667. The molecule has 0 saturated heterocycles. The van der Waals surface area contributed by atoms with Crippen LogP contribution in [0.4, 0.5) is 0 Å². The average Bonchev–Trinajstić information content (AvgIpc) is 0.901. The van der Waals surface area contributed by atoms with Gasteiger partial charge in [-0.05, 0) is 154 Å². The molecule has 0 amide bonds. The van der Waals surface area contributed by atoms with E-state index < -0.39 is 91.5 Å². The lowest BCUT2D eigenvalue weighted by Crippen LogP contribution is -2.30. The van der Waals surface area contributed by atoms with Crippen molar-refractivity contribution in [2.75, 3.05) is 39.6 Å². The van der Waals surface area contributed by atoms with Gasteiger partial charge >= 0.3 is 33.6 Å². The van der Waals surface area contributed by atoms with Crippen LogP contribution in [0.5, 0.6) is 0 Å². The van der Waals surface area contributed by atoms with Crippen LogP contribution in [0.15, 0.2) is 182 Å². The van der Waals surface area contributed by atoms with Crippen molar-refractivity contribution in [3.8, 4) is 0 Å². The molecule has 4 N–H and O–H groups in total. The second-order valence-electron chi connectivity index (χ2n) is 30.3. The number of carbonyl (C=O) groups excluding carboxylic acids is 3. The number of esters is 3. The van der Waals surface area contributed by atoms with E-state index in [0.29, 0.717) is 19.3 Å². The average molecular weight is 1670 g/mol. The molecule has 0 bridgehead atoms. The zero-order valence-electron chi connectivity index (χ0n) is 73.6. The molecule has 5 atom stereocenters. The molecule has 0 aromatic carbocycles. The summed E-state index contributed by atoms with van der Waals surface area (Å²) < 4.78 is 61.5. The van der Waals surface area contributed by atoms with Gasteiger partial charge in [0.25, 0.3) is 0 Å². The standard InChI is InChI=1S/C99H166O16P2/c1-4-7-10-13-16-19-22-25-28-31-34-36-38-40-42-44-45-46-47-49-51-52-54-56-59-61-64-67-70-73-76-79-82-85-97(102)109-88-94(100)89-111-116(105,106)112-90-95(101)91-113-117(107,108)114-93-96(115-99(104)87-84-81-78-75-72-69-66-63-58-33-30-27-24-21-18-15-12-9-6-3)92-110-98(103)86-83-80-77-74-71-68-65-62-60-57-55-53-50-48-43-41-39-37-35-32-29-26-23-20-17-14-11-8-5-2/h7-12,16-21,25-30,34-37,40-43,45-46,58,63,94-96,100-101H,4-6,13-15,22-24,31-33,38-39,44,47-57,59-62,64-93H2,1-3H3,(H,105,106)(H,107,108)/b10-7-,11-8-,12-9-,19-16-,20-17-,21-18-,28-25-,29-26-,30-27-,36-34-,37-35-,42-40-,43-41-,46-45-,63-58-. The first-order valence-electron chi connectivity index (χ1n) is 46.1. The van der Waals surface area contributed by atoms with E-state index in [1.54, 1.807) is 0 Å². The van der Waals surface area contributed by atoms with Crippen molar-refractivity contribution < 1.29 is 75.8 Å². The molecule has 117 heavy (non-hydrogen) atoms. The number of phosphoric ester groups is 2. The van der Waals surface area contributed by atoms with E-state index in [2.05, 4.69) is 203 Å². The minimum atomic E-state index is -4.95. The molecule has 0 radical (unpaired) electrons. The van der Waals surface area contributed by atoms with Gasteiger partial charge in [0, 0.05) is 19.3 Å². The summed E-state index contributed by atoms with van der Waals surface area (Å²) in [6.45, 7) is 2.36. The molecule has 668 valence electrons. The number of hydrogen-bond donors (Lipinski definition) is 4. The number of aliphatic hydroxyl groups is 2. The number of unbranched alkanes of at least 4 members (excludes halogenated alkanes) is 33. The van der Waals surface area contributed by atoms with Gasteiger partial charge in [-0.25, -0.2) is 9.13 Å². The van der Waals surface area contributed by atoms with E-state index in [1.807, 2.05) is 0 Å². The Bertz CT molecular complexity index is 2860. The molecule has 0 fully saturated rings. The Morgan fingerprint density at radius 2 is 0.427 bits per heavy atom. The highest BCUT2D eigenvalue weighted by molar-refractivity contribution is 7.47. The monoisotopic (exact) mass is 1670 g/mol. The second kappa shape index (κ2) is 89.9. The first-order valence-corrected chi connectivity index (χ1v) is 49.1. The van der Waals surface area contributed by atoms with Gasteiger partial charge in [-0.1, -0.05) is 376 Å². The summed E-state index contributed by atoms with van der Waals surface area (Å²) in [5.74, 6) is -1.59. The van der Waals surface area contributed by atoms with E-state index in [1.165, 1.54) is 116 Å². The van der Waals surface area contributed by atoms with Gasteiger partial charge in [-0.3, -0.25) is 32.5 Å². The summed E-state index contributed by atoms with van der Waals surface area (Å²) in [7, 11) is -9.82. The van der Waals surface area contributed by atoms with Crippen LogP contribution in [0.25, 0.3) is 0 Å². The summed E-state index contributed by atoms with van der Waals surface area (Å²) in [6.07, 6.45) is 118. The van der Waals surface area contributed by atoms with Gasteiger partial charge in [0.1, 0.15) is 25.4 Å². The highest BCUT2D eigenvalue weighted by atomic mass is 31.2. The first-order chi connectivity index (χ1) is 57.2. The second-order valence-corrected chi connectivity index (χ2v) is 33.2. The lowest BCUT2D eigenvalue weighted by molar-refractivity contribution is -0.161. The fourth-order valence-electron chi connectivity index (χ4n) is 12.2. The summed E-state index contributed by atoms with van der Waals surface area (Å²) in [5, 5.41) is 20.7. The van der Waals surface area contributed by atoms with Crippen molar-refractivity contribution in [2.24, 2.45) is 0 Å². The van der Waals surface area contributed by atoms with Crippen LogP contribution < -0.4 is 0 Å². The lowest BCUT2D eigenvalue weighted by atomic mass is 10.0. The molecule has 5 unspecified atom stereocenters. The largest absolute Gasteiger partial charge is 0.472 e. The van der Waals surface area contributed by atoms with Crippen LogP contribution in [0.1, 0.15) is 367 Å². The summed E-state index contributed by atoms with van der Waals surface area (Å²) >= 11 is 0. The maximum atomic E-state index is 13.1. The van der Waals surface area contributed by atoms with Gasteiger partial charge in [0.05, 0.1) is 26.4 Å². The molecule has 0 aromatic rings. The number of hydrogen-bond acceptors (Lipinski definition) is 14. The Labute approximate surface area is 713 Å². The zero-order valence-corrected chi connectivity index (χ0v) is 75.4. The minimum Gasteiger partial charge on any atom is -0.463 e. The van der Waals surface area contributed by atoms with Crippen LogP contribution in [0, 0.1) is 0 Å². The van der Waals surface area contributed by atoms with Crippen molar-refractivity contribution in [2.45, 2.75) is 386 Å². The molecule has 0 saturated carbocycles. The molecule has 0 aromatic heterocycles. The first kappa shape index (κ1) is 112. The van der Waals surface area contributed by atoms with E-state index in [9.17, 15) is 43.5 Å². The van der Waals surface area contributed by atoms with Gasteiger partial charge in [0.2, 0.25) is 0 Å². The number of ether oxygens (including phenoxy) is 3. The fourth-order valence-corrected chi connectivity index (χ4v) is 13.8. The normalized spacial score (nSPS) is 14.6. The van der Waals surface area contributed by atoms with E-state index >= 15 is 0 Å². The van der Waals surface area contributed by atoms with Crippen molar-refractivity contribution in [1.82, 2.24) is 0 Å². The quantitative estimate of drug-likeness (QED) is 0.0146. The van der Waals surface area contributed by atoms with Crippen LogP contribution in [0.3, 0.4) is 0 Å². The highest BCUT2D eigenvalue weighted by Gasteiger charge is 2.29. The predicted octanol–water partition coefficient (Wildman–Crippen LogP) is 28.4. The van der Waals surface area contributed by atoms with Crippen molar-refractivity contribution >= 4 is 33.6 Å². The van der Waals surface area contributed by atoms with Crippen LogP contribution in [-0.2, 0) is 55.8 Å². The van der Waals surface area contributed by atoms with Gasteiger partial charge < -0.3 is 34.2 Å².